The third-order valence-electron chi connectivity index (χ3n) is 5.77. The van der Waals surface area contributed by atoms with Gasteiger partial charge >= 0.3 is 0 Å². The number of aryl methyl sites for hydroxylation is 2. The van der Waals surface area contributed by atoms with E-state index in [0.717, 1.165) is 23.1 Å². The Kier molecular flexibility index (Phi) is 8.85. The Morgan fingerprint density at radius 2 is 1.68 bits per heavy atom. The Hall–Kier alpha value is -2.62. The fraction of sp³-hybridized carbons (Fsp3) is 0.481. The highest BCUT2D eigenvalue weighted by Gasteiger charge is 2.26. The molecule has 2 aromatic carbocycles. The molecule has 0 heterocycles. The van der Waals surface area contributed by atoms with Gasteiger partial charge in [0.1, 0.15) is 6.04 Å². The second-order valence-electron chi connectivity index (χ2n) is 9.36. The molecule has 0 bridgehead atoms. The van der Waals surface area contributed by atoms with E-state index in [1.807, 2.05) is 45.0 Å². The molecule has 0 aromatic heterocycles. The van der Waals surface area contributed by atoms with Crippen molar-refractivity contribution >= 4 is 11.8 Å². The van der Waals surface area contributed by atoms with E-state index < -0.39 is 6.04 Å². The third-order valence-corrected chi connectivity index (χ3v) is 5.77. The topological polar surface area (TPSA) is 49.4 Å². The number of amides is 2. The summed E-state index contributed by atoms with van der Waals surface area (Å²) in [7, 11) is 0. The van der Waals surface area contributed by atoms with Gasteiger partial charge in [-0.1, -0.05) is 76.2 Å². The summed E-state index contributed by atoms with van der Waals surface area (Å²) in [6.45, 7) is 13.5. The van der Waals surface area contributed by atoms with E-state index in [-0.39, 0.29) is 17.2 Å². The first-order valence-corrected chi connectivity index (χ1v) is 11.3. The highest BCUT2D eigenvalue weighted by molar-refractivity contribution is 5.87. The minimum Gasteiger partial charge on any atom is -0.354 e. The molecule has 2 rings (SSSR count). The van der Waals surface area contributed by atoms with Crippen LogP contribution in [0.5, 0.6) is 0 Å². The average molecular weight is 423 g/mol. The van der Waals surface area contributed by atoms with Crippen molar-refractivity contribution in [1.29, 1.82) is 0 Å². The first-order valence-electron chi connectivity index (χ1n) is 11.3. The molecule has 0 radical (unpaired) electrons. The van der Waals surface area contributed by atoms with Crippen LogP contribution in [0.4, 0.5) is 0 Å². The molecule has 1 N–H and O–H groups in total. The van der Waals surface area contributed by atoms with Crippen molar-refractivity contribution in [3.63, 3.8) is 0 Å². The van der Waals surface area contributed by atoms with Gasteiger partial charge in [0.15, 0.2) is 0 Å². The van der Waals surface area contributed by atoms with E-state index in [0.29, 0.717) is 25.9 Å². The molecule has 0 unspecified atom stereocenters. The average Bonchev–Trinajstić information content (AvgIpc) is 2.74. The minimum atomic E-state index is -0.512. The Bertz CT molecular complexity index is 866. The van der Waals surface area contributed by atoms with Crippen LogP contribution < -0.4 is 5.32 Å². The summed E-state index contributed by atoms with van der Waals surface area (Å²) in [5.41, 5.74) is 4.73. The fourth-order valence-corrected chi connectivity index (χ4v) is 3.52. The molecule has 4 heteroatoms. The molecule has 0 spiro atoms. The van der Waals surface area contributed by atoms with Crippen molar-refractivity contribution in [3.8, 4) is 0 Å². The number of rotatable bonds is 9. The zero-order valence-corrected chi connectivity index (χ0v) is 20.0. The lowest BCUT2D eigenvalue weighted by Crippen LogP contribution is -2.47. The predicted octanol–water partition coefficient (Wildman–Crippen LogP) is 5.17. The molecule has 1 atom stereocenters. The van der Waals surface area contributed by atoms with Gasteiger partial charge in [-0.3, -0.25) is 9.59 Å². The molecule has 0 fully saturated rings. The van der Waals surface area contributed by atoms with Crippen molar-refractivity contribution in [1.82, 2.24) is 10.2 Å². The SMILES string of the molecule is CCCNC(=O)[C@H](C)N(Cc1ccccc1C)C(=O)CCc1ccc(C(C)(C)C)cc1. The van der Waals surface area contributed by atoms with Crippen LogP contribution in [0.2, 0.25) is 0 Å². The van der Waals surface area contributed by atoms with Gasteiger partial charge in [-0.15, -0.1) is 0 Å². The second-order valence-corrected chi connectivity index (χ2v) is 9.36. The van der Waals surface area contributed by atoms with Gasteiger partial charge in [0.25, 0.3) is 0 Å². The lowest BCUT2D eigenvalue weighted by atomic mass is 9.86. The molecule has 168 valence electrons. The summed E-state index contributed by atoms with van der Waals surface area (Å²) in [4.78, 5) is 27.6. The van der Waals surface area contributed by atoms with E-state index >= 15 is 0 Å². The standard InChI is InChI=1S/C27H38N2O2/c1-7-18-28-26(31)21(3)29(19-23-11-9-8-10-20(23)2)25(30)17-14-22-12-15-24(16-13-22)27(4,5)6/h8-13,15-16,21H,7,14,17-19H2,1-6H3,(H,28,31)/t21-/m0/s1. The summed E-state index contributed by atoms with van der Waals surface area (Å²) in [6.07, 6.45) is 1.91. The Morgan fingerprint density at radius 3 is 2.26 bits per heavy atom. The molecule has 31 heavy (non-hydrogen) atoms. The first-order chi connectivity index (χ1) is 14.6. The maximum Gasteiger partial charge on any atom is 0.242 e. The molecule has 0 aliphatic rings. The summed E-state index contributed by atoms with van der Waals surface area (Å²) in [5.74, 6) is -0.0967. The van der Waals surface area contributed by atoms with Gasteiger partial charge in [-0.25, -0.2) is 0 Å². The van der Waals surface area contributed by atoms with Gasteiger partial charge in [-0.2, -0.15) is 0 Å². The predicted molar refractivity (Wildman–Crippen MR) is 128 cm³/mol. The molecule has 2 amide bonds. The molecule has 0 saturated heterocycles. The molecular formula is C27H38N2O2. The maximum atomic E-state index is 13.2. The number of nitrogens with one attached hydrogen (secondary N) is 1. The molecule has 0 aliphatic carbocycles. The van der Waals surface area contributed by atoms with Gasteiger partial charge in [0, 0.05) is 19.5 Å². The van der Waals surface area contributed by atoms with Gasteiger partial charge < -0.3 is 10.2 Å². The van der Waals surface area contributed by atoms with Crippen LogP contribution in [-0.4, -0.2) is 29.3 Å². The zero-order chi connectivity index (χ0) is 23.0. The Morgan fingerprint density at radius 1 is 1.03 bits per heavy atom. The zero-order valence-electron chi connectivity index (χ0n) is 20.0. The number of hydrogen-bond acceptors (Lipinski definition) is 2. The summed E-state index contributed by atoms with van der Waals surface area (Å²) in [5, 5.41) is 2.93. The van der Waals surface area contributed by atoms with Crippen LogP contribution in [0.1, 0.15) is 69.7 Å². The maximum absolute atomic E-state index is 13.2. The highest BCUT2D eigenvalue weighted by Crippen LogP contribution is 2.23. The van der Waals surface area contributed by atoms with Crippen LogP contribution >= 0.6 is 0 Å². The summed E-state index contributed by atoms with van der Waals surface area (Å²) >= 11 is 0. The normalized spacial score (nSPS) is 12.3. The van der Waals surface area contributed by atoms with Crippen LogP contribution in [0.15, 0.2) is 48.5 Å². The Labute approximate surface area is 188 Å². The second kappa shape index (κ2) is 11.1. The summed E-state index contributed by atoms with van der Waals surface area (Å²) < 4.78 is 0. The Balaban J connectivity index is 2.13. The van der Waals surface area contributed by atoms with Gasteiger partial charge in [0.2, 0.25) is 11.8 Å². The highest BCUT2D eigenvalue weighted by atomic mass is 16.2. The van der Waals surface area contributed by atoms with E-state index in [4.69, 9.17) is 0 Å². The van der Waals surface area contributed by atoms with Crippen molar-refractivity contribution in [2.75, 3.05) is 6.54 Å². The number of carbonyl (C=O) groups excluding carboxylic acids is 2. The van der Waals surface area contributed by atoms with E-state index in [1.165, 1.54) is 5.56 Å². The molecule has 2 aromatic rings. The number of benzene rings is 2. The summed E-state index contributed by atoms with van der Waals surface area (Å²) in [6, 6.07) is 16.0. The van der Waals surface area contributed by atoms with Gasteiger partial charge in [-0.05, 0) is 54.4 Å². The van der Waals surface area contributed by atoms with Crippen molar-refractivity contribution in [3.05, 3.63) is 70.8 Å². The smallest absolute Gasteiger partial charge is 0.242 e. The van der Waals surface area contributed by atoms with Crippen LogP contribution in [-0.2, 0) is 28.0 Å². The van der Waals surface area contributed by atoms with Crippen LogP contribution in [0.3, 0.4) is 0 Å². The van der Waals surface area contributed by atoms with Crippen molar-refractivity contribution in [2.24, 2.45) is 0 Å². The fourth-order valence-electron chi connectivity index (χ4n) is 3.52. The molecule has 0 aliphatic heterocycles. The monoisotopic (exact) mass is 422 g/mol. The van der Waals surface area contributed by atoms with Crippen LogP contribution in [0.25, 0.3) is 0 Å². The third kappa shape index (κ3) is 7.23. The lowest BCUT2D eigenvalue weighted by Gasteiger charge is -2.29. The largest absolute Gasteiger partial charge is 0.354 e. The van der Waals surface area contributed by atoms with E-state index in [9.17, 15) is 9.59 Å². The molecule has 4 nitrogen and oxygen atoms in total. The van der Waals surface area contributed by atoms with E-state index in [2.05, 4.69) is 50.4 Å². The number of hydrogen-bond donors (Lipinski definition) is 1. The minimum absolute atomic E-state index is 0.00213. The molecular weight excluding hydrogens is 384 g/mol. The van der Waals surface area contributed by atoms with Crippen molar-refractivity contribution in [2.45, 2.75) is 78.8 Å². The van der Waals surface area contributed by atoms with Crippen LogP contribution in [0, 0.1) is 6.92 Å². The lowest BCUT2D eigenvalue weighted by molar-refractivity contribution is -0.140. The first kappa shape index (κ1) is 24.6. The van der Waals surface area contributed by atoms with Gasteiger partial charge in [0.05, 0.1) is 0 Å². The van der Waals surface area contributed by atoms with E-state index in [1.54, 1.807) is 4.90 Å². The van der Waals surface area contributed by atoms with Crippen molar-refractivity contribution < 1.29 is 9.59 Å². The molecule has 0 saturated carbocycles. The number of carbonyl (C=O) groups is 2. The quantitative estimate of drug-likeness (QED) is 0.606. The number of nitrogens with zero attached hydrogens (tertiary/aromatic N) is 1.